The van der Waals surface area contributed by atoms with E-state index in [1.54, 1.807) is 0 Å². The Morgan fingerprint density at radius 1 is 1.33 bits per heavy atom. The Kier molecular flexibility index (Phi) is 3.78. The first-order valence-corrected chi connectivity index (χ1v) is 6.94. The van der Waals surface area contributed by atoms with Crippen LogP contribution >= 0.6 is 0 Å². The van der Waals surface area contributed by atoms with E-state index >= 15 is 0 Å². The number of hydrogen-bond acceptors (Lipinski definition) is 4. The van der Waals surface area contributed by atoms with E-state index in [9.17, 15) is 22.8 Å². The van der Waals surface area contributed by atoms with Gasteiger partial charge in [0.2, 0.25) is 0 Å². The first kappa shape index (κ1) is 16.0. The van der Waals surface area contributed by atoms with E-state index in [0.717, 1.165) is 14.3 Å². The fourth-order valence-corrected chi connectivity index (χ4v) is 2.60. The van der Waals surface area contributed by atoms with Crippen LogP contribution in [-0.4, -0.2) is 49.3 Å². The molecule has 1 atom stereocenters. The van der Waals surface area contributed by atoms with Crippen molar-refractivity contribution in [2.45, 2.75) is 25.2 Å². The summed E-state index contributed by atoms with van der Waals surface area (Å²) < 4.78 is 41.0. The highest BCUT2D eigenvalue weighted by Gasteiger charge is 2.46. The van der Waals surface area contributed by atoms with Crippen LogP contribution in [0.3, 0.4) is 0 Å². The molecule has 0 radical (unpaired) electrons. The molecule has 0 aromatic carbocycles. The van der Waals surface area contributed by atoms with Crippen LogP contribution in [-0.2, 0) is 11.3 Å². The molecular weight excluding hydrogens is 331 g/mol. The number of carboxylic acids is 1. The van der Waals surface area contributed by atoms with E-state index in [1.807, 2.05) is 0 Å². The molecule has 1 aliphatic rings. The number of hydrogen-bond donors (Lipinski definition) is 1. The molecular formula is C13H12F3N5O3. The number of amides is 1. The quantitative estimate of drug-likeness (QED) is 0.907. The average molecular weight is 343 g/mol. The fraction of sp³-hybridized carbons (Fsp3) is 0.385. The van der Waals surface area contributed by atoms with Gasteiger partial charge in [-0.2, -0.15) is 23.4 Å². The lowest BCUT2D eigenvalue weighted by Gasteiger charge is -2.33. The number of aliphatic carboxylic acids is 1. The number of rotatable bonds is 3. The molecule has 1 amide bonds. The van der Waals surface area contributed by atoms with Crippen molar-refractivity contribution in [3.8, 4) is 0 Å². The third-order valence-electron chi connectivity index (χ3n) is 3.63. The van der Waals surface area contributed by atoms with Crippen molar-refractivity contribution in [3.05, 3.63) is 30.2 Å². The molecule has 1 N–H and O–H groups in total. The first-order valence-electron chi connectivity index (χ1n) is 6.94. The van der Waals surface area contributed by atoms with Gasteiger partial charge in [-0.15, -0.1) is 0 Å². The van der Waals surface area contributed by atoms with Crippen LogP contribution in [0.5, 0.6) is 0 Å². The maximum absolute atomic E-state index is 13.0. The van der Waals surface area contributed by atoms with Gasteiger partial charge in [-0.3, -0.25) is 19.2 Å². The van der Waals surface area contributed by atoms with Gasteiger partial charge in [0.1, 0.15) is 12.4 Å². The Morgan fingerprint density at radius 3 is 2.75 bits per heavy atom. The highest BCUT2D eigenvalue weighted by Crippen LogP contribution is 2.39. The second-order valence-electron chi connectivity index (χ2n) is 5.23. The number of alkyl halides is 3. The monoisotopic (exact) mass is 343 g/mol. The zero-order valence-electron chi connectivity index (χ0n) is 12.1. The summed E-state index contributed by atoms with van der Waals surface area (Å²) in [4.78, 5) is 24.3. The molecule has 2 aromatic rings. The van der Waals surface area contributed by atoms with Crippen LogP contribution in [0.25, 0.3) is 0 Å². The zero-order chi connectivity index (χ0) is 17.5. The molecule has 0 fully saturated rings. The van der Waals surface area contributed by atoms with Crippen molar-refractivity contribution in [1.82, 2.24) is 19.6 Å². The number of carboxylic acid groups (broad SMARTS) is 1. The SMILES string of the molecule is O=C(O)Cn1ccc(C(=O)N2CCC(C(F)(F)F)n3nccc32)n1. The molecule has 2 aromatic heterocycles. The average Bonchev–Trinajstić information content (AvgIpc) is 3.12. The molecule has 0 aliphatic carbocycles. The zero-order valence-corrected chi connectivity index (χ0v) is 12.1. The van der Waals surface area contributed by atoms with Crippen molar-refractivity contribution in [2.24, 2.45) is 0 Å². The van der Waals surface area contributed by atoms with Gasteiger partial charge < -0.3 is 5.11 Å². The summed E-state index contributed by atoms with van der Waals surface area (Å²) in [5.41, 5.74) is -0.0468. The predicted octanol–water partition coefficient (Wildman–Crippen LogP) is 1.32. The molecule has 1 unspecified atom stereocenters. The normalized spacial score (nSPS) is 17.6. The summed E-state index contributed by atoms with van der Waals surface area (Å²) in [5.74, 6) is -1.70. The van der Waals surface area contributed by atoms with E-state index in [2.05, 4.69) is 10.2 Å². The Morgan fingerprint density at radius 2 is 2.08 bits per heavy atom. The molecule has 0 saturated carbocycles. The van der Waals surface area contributed by atoms with E-state index in [1.165, 1.54) is 24.5 Å². The van der Waals surface area contributed by atoms with E-state index in [0.29, 0.717) is 0 Å². The number of fused-ring (bicyclic) bond motifs is 1. The van der Waals surface area contributed by atoms with Gasteiger partial charge in [0.25, 0.3) is 5.91 Å². The minimum absolute atomic E-state index is 0.0290. The molecule has 0 bridgehead atoms. The van der Waals surface area contributed by atoms with Gasteiger partial charge in [0, 0.05) is 18.8 Å². The Labute approximate surface area is 133 Å². The van der Waals surface area contributed by atoms with Gasteiger partial charge >= 0.3 is 12.1 Å². The Balaban J connectivity index is 1.86. The maximum atomic E-state index is 13.0. The number of carbonyl (C=O) groups excluding carboxylic acids is 1. The second kappa shape index (κ2) is 5.65. The minimum Gasteiger partial charge on any atom is -0.480 e. The van der Waals surface area contributed by atoms with Crippen molar-refractivity contribution in [1.29, 1.82) is 0 Å². The maximum Gasteiger partial charge on any atom is 0.410 e. The largest absolute Gasteiger partial charge is 0.480 e. The van der Waals surface area contributed by atoms with E-state index in [-0.39, 0.29) is 24.5 Å². The van der Waals surface area contributed by atoms with Crippen LogP contribution in [0.4, 0.5) is 19.0 Å². The number of aromatic nitrogens is 4. The molecule has 11 heteroatoms. The summed E-state index contributed by atoms with van der Waals surface area (Å²) in [6.45, 7) is -0.554. The van der Waals surface area contributed by atoms with E-state index in [4.69, 9.17) is 5.11 Å². The lowest BCUT2D eigenvalue weighted by Crippen LogP contribution is -2.43. The van der Waals surface area contributed by atoms with Crippen molar-refractivity contribution >= 4 is 17.7 Å². The van der Waals surface area contributed by atoms with Crippen molar-refractivity contribution < 1.29 is 27.9 Å². The lowest BCUT2D eigenvalue weighted by atomic mass is 10.1. The number of carbonyl (C=O) groups is 2. The molecule has 8 nitrogen and oxygen atoms in total. The van der Waals surface area contributed by atoms with Crippen molar-refractivity contribution in [3.63, 3.8) is 0 Å². The standard InChI is InChI=1S/C13H12F3N5O3/c14-13(15,16)9-3-6-20(10-1-4-17-21(9)10)12(24)8-2-5-19(18-8)7-11(22)23/h1-2,4-5,9H,3,6-7H2,(H,22,23). The van der Waals surface area contributed by atoms with Crippen LogP contribution in [0.2, 0.25) is 0 Å². The van der Waals surface area contributed by atoms with Gasteiger partial charge in [0.05, 0.1) is 6.20 Å². The topological polar surface area (TPSA) is 93.2 Å². The number of anilines is 1. The predicted molar refractivity (Wildman–Crippen MR) is 73.5 cm³/mol. The molecule has 24 heavy (non-hydrogen) atoms. The molecule has 128 valence electrons. The van der Waals surface area contributed by atoms with E-state index < -0.39 is 30.6 Å². The molecule has 0 saturated heterocycles. The Bertz CT molecular complexity index is 782. The second-order valence-corrected chi connectivity index (χ2v) is 5.23. The Hall–Kier alpha value is -2.85. The lowest BCUT2D eigenvalue weighted by molar-refractivity contribution is -0.172. The van der Waals surface area contributed by atoms with Gasteiger partial charge in [-0.05, 0) is 12.5 Å². The third kappa shape index (κ3) is 2.84. The van der Waals surface area contributed by atoms with Gasteiger partial charge in [-0.1, -0.05) is 0 Å². The van der Waals surface area contributed by atoms with Crippen molar-refractivity contribution in [2.75, 3.05) is 11.4 Å². The first-order chi connectivity index (χ1) is 11.3. The van der Waals surface area contributed by atoms with Crippen LogP contribution < -0.4 is 4.90 Å². The highest BCUT2D eigenvalue weighted by molar-refractivity contribution is 6.04. The van der Waals surface area contributed by atoms with Crippen LogP contribution in [0, 0.1) is 0 Å². The minimum atomic E-state index is -4.46. The summed E-state index contributed by atoms with van der Waals surface area (Å²) in [5, 5.41) is 16.2. The summed E-state index contributed by atoms with van der Waals surface area (Å²) in [6, 6.07) is 0.863. The fourth-order valence-electron chi connectivity index (χ4n) is 2.60. The molecule has 0 spiro atoms. The van der Waals surface area contributed by atoms with Gasteiger partial charge in [0.15, 0.2) is 11.7 Å². The number of halogens is 3. The molecule has 1 aliphatic heterocycles. The van der Waals surface area contributed by atoms with Crippen LogP contribution in [0.1, 0.15) is 23.0 Å². The van der Waals surface area contributed by atoms with Gasteiger partial charge in [-0.25, -0.2) is 4.68 Å². The summed E-state index contributed by atoms with van der Waals surface area (Å²) in [7, 11) is 0. The van der Waals surface area contributed by atoms with Crippen LogP contribution in [0.15, 0.2) is 24.5 Å². The molecule has 3 rings (SSSR count). The third-order valence-corrected chi connectivity index (χ3v) is 3.63. The highest BCUT2D eigenvalue weighted by atomic mass is 19.4. The molecule has 3 heterocycles. The summed E-state index contributed by atoms with van der Waals surface area (Å²) in [6.07, 6.45) is -2.26. The smallest absolute Gasteiger partial charge is 0.410 e. The summed E-state index contributed by atoms with van der Waals surface area (Å²) >= 11 is 0. The number of nitrogens with zero attached hydrogens (tertiary/aromatic N) is 5.